The molecule has 0 radical (unpaired) electrons. The Morgan fingerprint density at radius 1 is 0.871 bits per heavy atom. The van der Waals surface area contributed by atoms with Crippen LogP contribution in [0.15, 0.2) is 89.8 Å². The summed E-state index contributed by atoms with van der Waals surface area (Å²) in [5.74, 6) is 1.22. The van der Waals surface area contributed by atoms with Crippen LogP contribution >= 0.6 is 22.9 Å². The highest BCUT2D eigenvalue weighted by Crippen LogP contribution is 2.30. The molecular formula is C25H21ClO3S2. The Hall–Kier alpha value is -2.60. The lowest BCUT2D eigenvalue weighted by Crippen LogP contribution is -2.08. The molecule has 3 nitrogen and oxygen atoms in total. The standard InChI is InChI=1S/C25H21ClO3S2/c1-18-5-11-21(12-6-18)29-22-3-2-4-24(17-22)31(27,28)16-15-23-13-14-25(30-23)19-7-9-20(26)10-8-19/h2-14,17H,15-16H2,1H3. The molecule has 4 aromatic rings. The number of hydrogen-bond acceptors (Lipinski definition) is 4. The average Bonchev–Trinajstić information content (AvgIpc) is 3.24. The second kappa shape index (κ2) is 9.27. The lowest BCUT2D eigenvalue weighted by atomic mass is 10.2. The van der Waals surface area contributed by atoms with Crippen molar-refractivity contribution in [2.75, 3.05) is 5.75 Å². The number of halogens is 1. The number of thiophene rings is 1. The van der Waals surface area contributed by atoms with Crippen LogP contribution in [0.4, 0.5) is 0 Å². The Morgan fingerprint density at radius 2 is 1.61 bits per heavy atom. The number of hydrogen-bond donors (Lipinski definition) is 0. The molecular weight excluding hydrogens is 448 g/mol. The molecule has 0 fully saturated rings. The van der Waals surface area contributed by atoms with Gasteiger partial charge in [-0.05, 0) is 73.5 Å². The van der Waals surface area contributed by atoms with E-state index in [4.69, 9.17) is 16.3 Å². The molecule has 6 heteroatoms. The second-order valence-corrected chi connectivity index (χ2v) is 10.9. The summed E-state index contributed by atoms with van der Waals surface area (Å²) in [7, 11) is -3.43. The number of benzene rings is 3. The molecule has 0 bridgehead atoms. The summed E-state index contributed by atoms with van der Waals surface area (Å²) in [6.07, 6.45) is 0.462. The number of aryl methyl sites for hydroxylation is 2. The molecule has 0 unspecified atom stereocenters. The smallest absolute Gasteiger partial charge is 0.178 e. The van der Waals surface area contributed by atoms with Gasteiger partial charge in [-0.3, -0.25) is 0 Å². The number of sulfone groups is 1. The van der Waals surface area contributed by atoms with Gasteiger partial charge in [0.25, 0.3) is 0 Å². The maximum absolute atomic E-state index is 12.9. The van der Waals surface area contributed by atoms with Crippen LogP contribution in [0.3, 0.4) is 0 Å². The third kappa shape index (κ3) is 5.56. The Labute approximate surface area is 191 Å². The van der Waals surface area contributed by atoms with Crippen molar-refractivity contribution in [1.29, 1.82) is 0 Å². The van der Waals surface area contributed by atoms with Crippen LogP contribution in [0.25, 0.3) is 10.4 Å². The zero-order valence-corrected chi connectivity index (χ0v) is 19.3. The van der Waals surface area contributed by atoms with Crippen molar-refractivity contribution in [2.45, 2.75) is 18.2 Å². The predicted octanol–water partition coefficient (Wildman–Crippen LogP) is 7.19. The second-order valence-electron chi connectivity index (χ2n) is 7.23. The summed E-state index contributed by atoms with van der Waals surface area (Å²) in [4.78, 5) is 2.39. The third-order valence-electron chi connectivity index (χ3n) is 4.83. The van der Waals surface area contributed by atoms with Crippen molar-refractivity contribution < 1.29 is 13.2 Å². The van der Waals surface area contributed by atoms with Crippen molar-refractivity contribution in [1.82, 2.24) is 0 Å². The molecule has 0 atom stereocenters. The van der Waals surface area contributed by atoms with E-state index >= 15 is 0 Å². The zero-order chi connectivity index (χ0) is 21.8. The molecule has 1 aromatic heterocycles. The van der Waals surface area contributed by atoms with Crippen LogP contribution in [0.2, 0.25) is 5.02 Å². The lowest BCUT2D eigenvalue weighted by molar-refractivity contribution is 0.480. The first-order chi connectivity index (χ1) is 14.9. The van der Waals surface area contributed by atoms with Gasteiger partial charge in [0, 0.05) is 14.8 Å². The van der Waals surface area contributed by atoms with Gasteiger partial charge in [0.2, 0.25) is 0 Å². The molecule has 3 aromatic carbocycles. The van der Waals surface area contributed by atoms with Crippen molar-refractivity contribution in [3.05, 3.63) is 100 Å². The monoisotopic (exact) mass is 468 g/mol. The van der Waals surface area contributed by atoms with E-state index in [1.165, 1.54) is 0 Å². The van der Waals surface area contributed by atoms with E-state index in [1.807, 2.05) is 67.6 Å². The maximum atomic E-state index is 12.9. The van der Waals surface area contributed by atoms with Crippen molar-refractivity contribution in [3.63, 3.8) is 0 Å². The van der Waals surface area contributed by atoms with Gasteiger partial charge in [0.15, 0.2) is 9.84 Å². The molecule has 0 saturated heterocycles. The van der Waals surface area contributed by atoms with E-state index in [9.17, 15) is 8.42 Å². The predicted molar refractivity (Wildman–Crippen MR) is 128 cm³/mol. The topological polar surface area (TPSA) is 43.4 Å². The molecule has 4 rings (SSSR count). The Balaban J connectivity index is 1.44. The molecule has 0 spiro atoms. The Kier molecular flexibility index (Phi) is 6.46. The van der Waals surface area contributed by atoms with Crippen LogP contribution < -0.4 is 4.74 Å². The van der Waals surface area contributed by atoms with E-state index < -0.39 is 9.84 Å². The SMILES string of the molecule is Cc1ccc(Oc2cccc(S(=O)(=O)CCc3ccc(-c4ccc(Cl)cc4)s3)c2)cc1. The summed E-state index contributed by atoms with van der Waals surface area (Å²) < 4.78 is 31.6. The molecule has 0 N–H and O–H groups in total. The molecule has 0 amide bonds. The van der Waals surface area contributed by atoms with Gasteiger partial charge in [-0.2, -0.15) is 0 Å². The molecule has 158 valence electrons. The first-order valence-corrected chi connectivity index (χ1v) is 12.7. The van der Waals surface area contributed by atoms with E-state index in [0.717, 1.165) is 20.9 Å². The molecule has 0 aliphatic rings. The first-order valence-electron chi connectivity index (χ1n) is 9.81. The van der Waals surface area contributed by atoms with Crippen molar-refractivity contribution >= 4 is 32.8 Å². The summed E-state index contributed by atoms with van der Waals surface area (Å²) in [6, 6.07) is 26.0. The van der Waals surface area contributed by atoms with E-state index in [-0.39, 0.29) is 10.6 Å². The van der Waals surface area contributed by atoms with Gasteiger partial charge in [0.1, 0.15) is 11.5 Å². The largest absolute Gasteiger partial charge is 0.457 e. The maximum Gasteiger partial charge on any atom is 0.178 e. The minimum Gasteiger partial charge on any atom is -0.457 e. The average molecular weight is 469 g/mol. The van der Waals surface area contributed by atoms with Gasteiger partial charge in [-0.25, -0.2) is 8.42 Å². The number of rotatable bonds is 7. The first kappa shape index (κ1) is 21.6. The van der Waals surface area contributed by atoms with Crippen LogP contribution in [0.5, 0.6) is 11.5 Å². The minimum atomic E-state index is -3.43. The zero-order valence-electron chi connectivity index (χ0n) is 16.9. The van der Waals surface area contributed by atoms with Gasteiger partial charge < -0.3 is 4.74 Å². The van der Waals surface area contributed by atoms with E-state index in [0.29, 0.717) is 22.9 Å². The molecule has 1 heterocycles. The summed E-state index contributed by atoms with van der Waals surface area (Å²) in [5, 5.41) is 0.695. The highest BCUT2D eigenvalue weighted by atomic mass is 35.5. The van der Waals surface area contributed by atoms with Gasteiger partial charge >= 0.3 is 0 Å². The minimum absolute atomic E-state index is 0.0432. The van der Waals surface area contributed by atoms with Gasteiger partial charge in [-0.1, -0.05) is 47.5 Å². The Bertz CT molecular complexity index is 1280. The van der Waals surface area contributed by atoms with Crippen molar-refractivity contribution in [3.8, 4) is 21.9 Å². The third-order valence-corrected chi connectivity index (χ3v) is 7.99. The molecule has 0 saturated carbocycles. The fraction of sp³-hybridized carbons (Fsp3) is 0.120. The number of ether oxygens (including phenoxy) is 1. The Morgan fingerprint density at radius 3 is 2.35 bits per heavy atom. The normalized spacial score (nSPS) is 11.4. The molecule has 31 heavy (non-hydrogen) atoms. The van der Waals surface area contributed by atoms with E-state index in [1.54, 1.807) is 35.6 Å². The van der Waals surface area contributed by atoms with Gasteiger partial charge in [-0.15, -0.1) is 11.3 Å². The lowest BCUT2D eigenvalue weighted by Gasteiger charge is -2.09. The highest BCUT2D eigenvalue weighted by Gasteiger charge is 2.16. The highest BCUT2D eigenvalue weighted by molar-refractivity contribution is 7.91. The van der Waals surface area contributed by atoms with Crippen LogP contribution in [0, 0.1) is 6.92 Å². The fourth-order valence-electron chi connectivity index (χ4n) is 3.11. The molecule has 0 aliphatic heterocycles. The van der Waals surface area contributed by atoms with Crippen LogP contribution in [-0.4, -0.2) is 14.2 Å². The van der Waals surface area contributed by atoms with Crippen LogP contribution in [-0.2, 0) is 16.3 Å². The summed E-state index contributed by atoms with van der Waals surface area (Å²) >= 11 is 7.55. The quantitative estimate of drug-likeness (QED) is 0.288. The molecule has 0 aliphatic carbocycles. The summed E-state index contributed by atoms with van der Waals surface area (Å²) in [5.41, 5.74) is 2.21. The summed E-state index contributed by atoms with van der Waals surface area (Å²) in [6.45, 7) is 2.00. The van der Waals surface area contributed by atoms with E-state index in [2.05, 4.69) is 0 Å². The fourth-order valence-corrected chi connectivity index (χ4v) is 5.68. The van der Waals surface area contributed by atoms with Crippen molar-refractivity contribution in [2.24, 2.45) is 0 Å². The van der Waals surface area contributed by atoms with Gasteiger partial charge in [0.05, 0.1) is 10.6 Å². The van der Waals surface area contributed by atoms with Crippen LogP contribution in [0.1, 0.15) is 10.4 Å².